The van der Waals surface area contributed by atoms with E-state index in [0.717, 1.165) is 12.8 Å². The second-order valence-electron chi connectivity index (χ2n) is 5.89. The van der Waals surface area contributed by atoms with Crippen molar-refractivity contribution in [2.75, 3.05) is 33.4 Å². The van der Waals surface area contributed by atoms with Crippen LogP contribution < -0.4 is 10.5 Å². The molecule has 0 spiro atoms. The summed E-state index contributed by atoms with van der Waals surface area (Å²) in [6.45, 7) is 2.41. The molecule has 1 aliphatic rings. The fourth-order valence-corrected chi connectivity index (χ4v) is 2.66. The summed E-state index contributed by atoms with van der Waals surface area (Å²) < 4.78 is 23.6. The maximum Gasteiger partial charge on any atom is 0.239 e. The van der Waals surface area contributed by atoms with Gasteiger partial charge in [0.05, 0.1) is 12.6 Å². The standard InChI is InChI=1S/C17H25FN2O3/c1-20(17(21)16(19)13-7-11-22-12-8-13)9-2-10-23-15-5-3-14(18)4-6-15/h3-6,13,16H,2,7-12,19H2,1H3. The van der Waals surface area contributed by atoms with Gasteiger partial charge in [-0.1, -0.05) is 0 Å². The predicted molar refractivity (Wildman–Crippen MR) is 85.7 cm³/mol. The minimum absolute atomic E-state index is 0.0290. The Balaban J connectivity index is 1.68. The first kappa shape index (κ1) is 17.7. The first-order chi connectivity index (χ1) is 11.1. The smallest absolute Gasteiger partial charge is 0.239 e. The number of halogens is 1. The SMILES string of the molecule is CN(CCCOc1ccc(F)cc1)C(=O)C(N)C1CCOCC1. The number of hydrogen-bond acceptors (Lipinski definition) is 4. The lowest BCUT2D eigenvalue weighted by Gasteiger charge is -2.29. The van der Waals surface area contributed by atoms with E-state index >= 15 is 0 Å². The average molecular weight is 324 g/mol. The molecule has 0 bridgehead atoms. The van der Waals surface area contributed by atoms with Gasteiger partial charge in [-0.15, -0.1) is 0 Å². The summed E-state index contributed by atoms with van der Waals surface area (Å²) in [6.07, 6.45) is 2.38. The molecule has 1 aromatic carbocycles. The molecule has 128 valence electrons. The normalized spacial score (nSPS) is 16.8. The molecule has 1 heterocycles. The summed E-state index contributed by atoms with van der Waals surface area (Å²) in [4.78, 5) is 14.0. The summed E-state index contributed by atoms with van der Waals surface area (Å²) in [5.41, 5.74) is 6.09. The predicted octanol–water partition coefficient (Wildman–Crippen LogP) is 1.81. The molecule has 0 radical (unpaired) electrons. The van der Waals surface area contributed by atoms with Gasteiger partial charge in [-0.2, -0.15) is 0 Å². The lowest BCUT2D eigenvalue weighted by molar-refractivity contribution is -0.133. The molecule has 0 aromatic heterocycles. The average Bonchev–Trinajstić information content (AvgIpc) is 2.59. The lowest BCUT2D eigenvalue weighted by atomic mass is 9.91. The molecular weight excluding hydrogens is 299 g/mol. The molecule has 1 aromatic rings. The number of carbonyl (C=O) groups excluding carboxylic acids is 1. The van der Waals surface area contributed by atoms with Crippen molar-refractivity contribution in [3.8, 4) is 5.75 Å². The van der Waals surface area contributed by atoms with Gasteiger partial charge < -0.3 is 20.1 Å². The van der Waals surface area contributed by atoms with Crippen LogP contribution >= 0.6 is 0 Å². The number of carbonyl (C=O) groups is 1. The van der Waals surface area contributed by atoms with E-state index in [-0.39, 0.29) is 17.6 Å². The van der Waals surface area contributed by atoms with Gasteiger partial charge in [-0.3, -0.25) is 4.79 Å². The first-order valence-electron chi connectivity index (χ1n) is 8.04. The molecule has 2 rings (SSSR count). The van der Waals surface area contributed by atoms with Crippen molar-refractivity contribution in [2.24, 2.45) is 11.7 Å². The number of likely N-dealkylation sites (N-methyl/N-ethyl adjacent to an activating group) is 1. The van der Waals surface area contributed by atoms with Crippen molar-refractivity contribution < 1.29 is 18.7 Å². The lowest BCUT2D eigenvalue weighted by Crippen LogP contribution is -2.48. The van der Waals surface area contributed by atoms with E-state index in [1.54, 1.807) is 24.1 Å². The molecule has 23 heavy (non-hydrogen) atoms. The van der Waals surface area contributed by atoms with Crippen LogP contribution in [-0.2, 0) is 9.53 Å². The Morgan fingerprint density at radius 2 is 2.04 bits per heavy atom. The maximum absolute atomic E-state index is 12.8. The van der Waals surface area contributed by atoms with E-state index in [1.807, 2.05) is 0 Å². The number of rotatable bonds is 7. The number of nitrogens with two attached hydrogens (primary N) is 1. The third-order valence-corrected chi connectivity index (χ3v) is 4.16. The minimum Gasteiger partial charge on any atom is -0.494 e. The highest BCUT2D eigenvalue weighted by Crippen LogP contribution is 2.18. The topological polar surface area (TPSA) is 64.8 Å². The fourth-order valence-electron chi connectivity index (χ4n) is 2.66. The van der Waals surface area contributed by atoms with Crippen molar-refractivity contribution in [3.05, 3.63) is 30.1 Å². The van der Waals surface area contributed by atoms with Crippen molar-refractivity contribution in [2.45, 2.75) is 25.3 Å². The van der Waals surface area contributed by atoms with Crippen LogP contribution in [0.1, 0.15) is 19.3 Å². The second-order valence-corrected chi connectivity index (χ2v) is 5.89. The minimum atomic E-state index is -0.457. The van der Waals surface area contributed by atoms with Crippen LogP contribution in [0.25, 0.3) is 0 Å². The second kappa shape index (κ2) is 8.84. The summed E-state index contributed by atoms with van der Waals surface area (Å²) >= 11 is 0. The van der Waals surface area contributed by atoms with E-state index in [4.69, 9.17) is 15.2 Å². The van der Waals surface area contributed by atoms with E-state index in [9.17, 15) is 9.18 Å². The van der Waals surface area contributed by atoms with Crippen molar-refractivity contribution in [1.29, 1.82) is 0 Å². The van der Waals surface area contributed by atoms with Gasteiger partial charge in [-0.05, 0) is 49.4 Å². The molecule has 0 aliphatic carbocycles. The zero-order chi connectivity index (χ0) is 16.7. The number of hydrogen-bond donors (Lipinski definition) is 1. The Morgan fingerprint density at radius 1 is 1.39 bits per heavy atom. The van der Waals surface area contributed by atoms with Crippen LogP contribution in [0, 0.1) is 11.7 Å². The summed E-state index contributed by atoms with van der Waals surface area (Å²) in [5, 5.41) is 0. The molecule has 5 nitrogen and oxygen atoms in total. The van der Waals surface area contributed by atoms with Crippen LogP contribution in [0.2, 0.25) is 0 Å². The van der Waals surface area contributed by atoms with Crippen LogP contribution in [-0.4, -0.2) is 50.3 Å². The van der Waals surface area contributed by atoms with Gasteiger partial charge in [0, 0.05) is 26.8 Å². The zero-order valence-electron chi connectivity index (χ0n) is 13.5. The first-order valence-corrected chi connectivity index (χ1v) is 8.04. The van der Waals surface area contributed by atoms with Crippen LogP contribution in [0.15, 0.2) is 24.3 Å². The van der Waals surface area contributed by atoms with Crippen molar-refractivity contribution >= 4 is 5.91 Å². The van der Waals surface area contributed by atoms with E-state index in [2.05, 4.69) is 0 Å². The molecule has 6 heteroatoms. The summed E-state index contributed by atoms with van der Waals surface area (Å²) in [6, 6.07) is 5.44. The molecular formula is C17H25FN2O3. The molecule has 1 fully saturated rings. The van der Waals surface area contributed by atoms with E-state index < -0.39 is 6.04 Å². The Labute approximate surface area is 136 Å². The molecule has 1 amide bonds. The largest absolute Gasteiger partial charge is 0.494 e. The van der Waals surface area contributed by atoms with Crippen LogP contribution in [0.5, 0.6) is 5.75 Å². The monoisotopic (exact) mass is 324 g/mol. The van der Waals surface area contributed by atoms with Gasteiger partial charge in [0.1, 0.15) is 11.6 Å². The Kier molecular flexibility index (Phi) is 6.80. The zero-order valence-corrected chi connectivity index (χ0v) is 13.5. The highest BCUT2D eigenvalue weighted by molar-refractivity contribution is 5.81. The highest BCUT2D eigenvalue weighted by atomic mass is 19.1. The summed E-state index contributed by atoms with van der Waals surface area (Å²) in [5.74, 6) is 0.511. The number of amides is 1. The molecule has 1 unspecified atom stereocenters. The van der Waals surface area contributed by atoms with E-state index in [1.165, 1.54) is 12.1 Å². The van der Waals surface area contributed by atoms with Crippen LogP contribution in [0.4, 0.5) is 4.39 Å². The fraction of sp³-hybridized carbons (Fsp3) is 0.588. The van der Waals surface area contributed by atoms with Gasteiger partial charge >= 0.3 is 0 Å². The molecule has 0 saturated carbocycles. The Bertz CT molecular complexity index is 489. The Morgan fingerprint density at radius 3 is 2.70 bits per heavy atom. The van der Waals surface area contributed by atoms with Gasteiger partial charge in [-0.25, -0.2) is 4.39 Å². The molecule has 2 N–H and O–H groups in total. The number of benzene rings is 1. The molecule has 1 atom stereocenters. The van der Waals surface area contributed by atoms with Crippen molar-refractivity contribution in [1.82, 2.24) is 4.90 Å². The molecule has 1 aliphatic heterocycles. The molecule has 1 saturated heterocycles. The van der Waals surface area contributed by atoms with Gasteiger partial charge in [0.25, 0.3) is 0 Å². The van der Waals surface area contributed by atoms with E-state index in [0.29, 0.717) is 38.5 Å². The Hall–Kier alpha value is -1.66. The highest BCUT2D eigenvalue weighted by Gasteiger charge is 2.28. The number of nitrogens with zero attached hydrogens (tertiary/aromatic N) is 1. The van der Waals surface area contributed by atoms with Gasteiger partial charge in [0.2, 0.25) is 5.91 Å². The van der Waals surface area contributed by atoms with Crippen LogP contribution in [0.3, 0.4) is 0 Å². The third kappa shape index (κ3) is 5.48. The third-order valence-electron chi connectivity index (χ3n) is 4.16. The number of ether oxygens (including phenoxy) is 2. The quantitative estimate of drug-likeness (QED) is 0.777. The maximum atomic E-state index is 12.8. The summed E-state index contributed by atoms with van der Waals surface area (Å²) in [7, 11) is 1.76. The van der Waals surface area contributed by atoms with Crippen molar-refractivity contribution in [3.63, 3.8) is 0 Å². The van der Waals surface area contributed by atoms with Gasteiger partial charge in [0.15, 0.2) is 0 Å².